The van der Waals surface area contributed by atoms with Gasteiger partial charge in [-0.15, -0.1) is 0 Å². The monoisotopic (exact) mass is 242 g/mol. The number of aryl methyl sites for hydroxylation is 2. The Morgan fingerprint density at radius 1 is 1.59 bits per heavy atom. The average molecular weight is 242 g/mol. The highest BCUT2D eigenvalue weighted by Gasteiger charge is 2.28. The molecule has 1 rings (SSSR count). The van der Waals surface area contributed by atoms with Gasteiger partial charge in [-0.05, 0) is 13.3 Å². The summed E-state index contributed by atoms with van der Waals surface area (Å²) in [5.74, 6) is -0.861. The molecule has 1 heterocycles. The van der Waals surface area contributed by atoms with Gasteiger partial charge in [0, 0.05) is 18.3 Å². The maximum Gasteiger partial charge on any atom is 0.337 e. The zero-order valence-corrected chi connectivity index (χ0v) is 10.3. The number of aromatic nitrogens is 2. The third-order valence-corrected chi connectivity index (χ3v) is 2.50. The van der Waals surface area contributed by atoms with E-state index in [2.05, 4.69) is 9.84 Å². The van der Waals surface area contributed by atoms with Gasteiger partial charge in [-0.2, -0.15) is 5.10 Å². The molecule has 6 nitrogen and oxygen atoms in total. The van der Waals surface area contributed by atoms with Gasteiger partial charge >= 0.3 is 5.97 Å². The summed E-state index contributed by atoms with van der Waals surface area (Å²) < 4.78 is 6.05. The predicted molar refractivity (Wildman–Crippen MR) is 60.2 cm³/mol. The smallest absolute Gasteiger partial charge is 0.337 e. The Hall–Kier alpha value is -1.40. The van der Waals surface area contributed by atoms with Crippen LogP contribution in [0.15, 0.2) is 6.20 Å². The maximum absolute atomic E-state index is 11.1. The highest BCUT2D eigenvalue weighted by atomic mass is 16.5. The van der Waals surface area contributed by atoms with Crippen molar-refractivity contribution in [1.82, 2.24) is 9.78 Å². The quantitative estimate of drug-likeness (QED) is 0.719. The molecule has 2 atom stereocenters. The zero-order valence-electron chi connectivity index (χ0n) is 10.3. The van der Waals surface area contributed by atoms with Crippen molar-refractivity contribution < 1.29 is 19.7 Å². The second kappa shape index (κ2) is 5.79. The van der Waals surface area contributed by atoms with E-state index in [0.29, 0.717) is 11.3 Å². The van der Waals surface area contributed by atoms with E-state index in [-0.39, 0.29) is 0 Å². The van der Waals surface area contributed by atoms with Crippen molar-refractivity contribution in [3.05, 3.63) is 17.5 Å². The van der Waals surface area contributed by atoms with Crippen LogP contribution in [0.5, 0.6) is 0 Å². The Labute approximate surface area is 99.8 Å². The van der Waals surface area contributed by atoms with E-state index < -0.39 is 18.2 Å². The maximum atomic E-state index is 11.1. The Kier molecular flexibility index (Phi) is 4.65. The van der Waals surface area contributed by atoms with E-state index in [1.165, 1.54) is 0 Å². The van der Waals surface area contributed by atoms with Gasteiger partial charge in [-0.3, -0.25) is 4.68 Å². The van der Waals surface area contributed by atoms with Crippen LogP contribution in [0.2, 0.25) is 0 Å². The number of ether oxygens (including phenoxy) is 1. The minimum atomic E-state index is -1.59. The van der Waals surface area contributed by atoms with Gasteiger partial charge in [0.15, 0.2) is 6.10 Å². The summed E-state index contributed by atoms with van der Waals surface area (Å²) in [6, 6.07) is 0. The van der Waals surface area contributed by atoms with Crippen LogP contribution >= 0.6 is 0 Å². The van der Waals surface area contributed by atoms with E-state index in [4.69, 9.17) is 0 Å². The molecular weight excluding hydrogens is 224 g/mol. The number of carbonyl (C=O) groups excluding carboxylic acids is 1. The Balaban J connectivity index is 2.87. The van der Waals surface area contributed by atoms with Crippen molar-refractivity contribution in [3.63, 3.8) is 0 Å². The van der Waals surface area contributed by atoms with Crippen molar-refractivity contribution in [2.75, 3.05) is 7.11 Å². The second-order valence-electron chi connectivity index (χ2n) is 3.85. The normalized spacial score (nSPS) is 14.4. The summed E-state index contributed by atoms with van der Waals surface area (Å²) in [6.45, 7) is 4.45. The number of rotatable bonds is 5. The standard InChI is InChI=1S/C11H18N2O4/c1-4-5-13-6-8(7(2)12-13)9(14)10(15)11(16)17-3/h6,9-10,14-15H,4-5H2,1-3H3. The molecule has 0 saturated carbocycles. The van der Waals surface area contributed by atoms with Crippen LogP contribution < -0.4 is 0 Å². The van der Waals surface area contributed by atoms with Crippen LogP contribution in [0.4, 0.5) is 0 Å². The fraction of sp³-hybridized carbons (Fsp3) is 0.636. The summed E-state index contributed by atoms with van der Waals surface area (Å²) in [5.41, 5.74) is 1.03. The molecule has 0 aromatic carbocycles. The van der Waals surface area contributed by atoms with Gasteiger partial charge in [0.1, 0.15) is 6.10 Å². The molecule has 0 saturated heterocycles. The molecule has 0 aliphatic heterocycles. The summed E-state index contributed by atoms with van der Waals surface area (Å²) in [5, 5.41) is 23.6. The molecule has 17 heavy (non-hydrogen) atoms. The molecular formula is C11H18N2O4. The lowest BCUT2D eigenvalue weighted by molar-refractivity contribution is -0.156. The van der Waals surface area contributed by atoms with E-state index in [1.807, 2.05) is 6.92 Å². The predicted octanol–water partition coefficient (Wildman–Crippen LogP) is 0.169. The van der Waals surface area contributed by atoms with Crippen molar-refractivity contribution >= 4 is 5.97 Å². The zero-order chi connectivity index (χ0) is 13.0. The third-order valence-electron chi connectivity index (χ3n) is 2.50. The van der Waals surface area contributed by atoms with Crippen molar-refractivity contribution in [2.45, 2.75) is 39.0 Å². The van der Waals surface area contributed by atoms with Crippen LogP contribution in [0, 0.1) is 6.92 Å². The van der Waals surface area contributed by atoms with Crippen molar-refractivity contribution in [2.24, 2.45) is 0 Å². The first-order valence-electron chi connectivity index (χ1n) is 5.49. The first-order valence-corrected chi connectivity index (χ1v) is 5.49. The van der Waals surface area contributed by atoms with E-state index in [9.17, 15) is 15.0 Å². The lowest BCUT2D eigenvalue weighted by Crippen LogP contribution is -2.29. The van der Waals surface area contributed by atoms with Crippen LogP contribution in [0.25, 0.3) is 0 Å². The fourth-order valence-corrected chi connectivity index (χ4v) is 1.59. The molecule has 1 aromatic heterocycles. The highest BCUT2D eigenvalue weighted by Crippen LogP contribution is 2.20. The van der Waals surface area contributed by atoms with Crippen LogP contribution in [-0.2, 0) is 16.1 Å². The molecule has 0 aliphatic rings. The van der Waals surface area contributed by atoms with Crippen molar-refractivity contribution in [1.29, 1.82) is 0 Å². The molecule has 0 fully saturated rings. The topological polar surface area (TPSA) is 84.6 Å². The van der Waals surface area contributed by atoms with Gasteiger partial charge in [0.25, 0.3) is 0 Å². The average Bonchev–Trinajstić information content (AvgIpc) is 2.68. The summed E-state index contributed by atoms with van der Waals surface area (Å²) in [7, 11) is 1.16. The van der Waals surface area contributed by atoms with E-state index in [1.54, 1.807) is 17.8 Å². The summed E-state index contributed by atoms with van der Waals surface area (Å²) in [6.07, 6.45) is -0.350. The Morgan fingerprint density at radius 3 is 2.76 bits per heavy atom. The largest absolute Gasteiger partial charge is 0.467 e. The number of aliphatic hydroxyl groups is 2. The molecule has 0 spiro atoms. The number of aliphatic hydroxyl groups excluding tert-OH is 2. The van der Waals surface area contributed by atoms with E-state index >= 15 is 0 Å². The number of carbonyl (C=O) groups is 1. The number of hydrogen-bond donors (Lipinski definition) is 2. The minimum Gasteiger partial charge on any atom is -0.467 e. The molecule has 2 unspecified atom stereocenters. The first kappa shape index (κ1) is 13.7. The number of methoxy groups -OCH3 is 1. The van der Waals surface area contributed by atoms with Gasteiger partial charge in [-0.25, -0.2) is 4.79 Å². The molecule has 6 heteroatoms. The van der Waals surface area contributed by atoms with Crippen LogP contribution in [0.1, 0.15) is 30.7 Å². The minimum absolute atomic E-state index is 0.441. The number of esters is 1. The molecule has 2 N–H and O–H groups in total. The van der Waals surface area contributed by atoms with E-state index in [0.717, 1.165) is 20.1 Å². The SMILES string of the molecule is CCCn1cc(C(O)C(O)C(=O)OC)c(C)n1. The lowest BCUT2D eigenvalue weighted by atomic mass is 10.1. The number of hydrogen-bond acceptors (Lipinski definition) is 5. The molecule has 0 bridgehead atoms. The lowest BCUT2D eigenvalue weighted by Gasteiger charge is -2.14. The molecule has 96 valence electrons. The summed E-state index contributed by atoms with van der Waals surface area (Å²) >= 11 is 0. The molecule has 1 aromatic rings. The molecule has 0 aliphatic carbocycles. The fourth-order valence-electron chi connectivity index (χ4n) is 1.59. The van der Waals surface area contributed by atoms with Crippen LogP contribution in [-0.4, -0.2) is 39.2 Å². The van der Waals surface area contributed by atoms with Gasteiger partial charge < -0.3 is 14.9 Å². The van der Waals surface area contributed by atoms with Gasteiger partial charge in [-0.1, -0.05) is 6.92 Å². The van der Waals surface area contributed by atoms with Crippen molar-refractivity contribution in [3.8, 4) is 0 Å². The van der Waals surface area contributed by atoms with Crippen LogP contribution in [0.3, 0.4) is 0 Å². The summed E-state index contributed by atoms with van der Waals surface area (Å²) in [4.78, 5) is 11.1. The first-order chi connectivity index (χ1) is 8.01. The third kappa shape index (κ3) is 3.04. The Bertz CT molecular complexity index is 389. The molecule has 0 amide bonds. The van der Waals surface area contributed by atoms with Gasteiger partial charge in [0.05, 0.1) is 12.8 Å². The van der Waals surface area contributed by atoms with Gasteiger partial charge in [0.2, 0.25) is 0 Å². The second-order valence-corrected chi connectivity index (χ2v) is 3.85. The Morgan fingerprint density at radius 2 is 2.24 bits per heavy atom. The highest BCUT2D eigenvalue weighted by molar-refractivity contribution is 5.75. The number of nitrogens with zero attached hydrogens (tertiary/aromatic N) is 2. The molecule has 0 radical (unpaired) electrons.